The second-order valence-electron chi connectivity index (χ2n) is 4.46. The lowest BCUT2D eigenvalue weighted by atomic mass is 10.1. The number of aromatic nitrogens is 2. The van der Waals surface area contributed by atoms with Gasteiger partial charge in [-0.1, -0.05) is 6.07 Å². The molecule has 0 saturated heterocycles. The summed E-state index contributed by atoms with van der Waals surface area (Å²) in [5.41, 5.74) is 7.98. The maximum absolute atomic E-state index is 12.3. The lowest BCUT2D eigenvalue weighted by molar-refractivity contribution is 0.102. The van der Waals surface area contributed by atoms with Crippen LogP contribution in [0.2, 0.25) is 0 Å². The number of pyridine rings is 1. The van der Waals surface area contributed by atoms with E-state index in [9.17, 15) is 4.79 Å². The quantitative estimate of drug-likeness (QED) is 0.700. The molecule has 0 aliphatic heterocycles. The SMILES string of the molecule is N#Cc1cc(N)ccc1NC(=O)c1cnn2ccccc12. The molecule has 0 atom stereocenters. The number of benzene rings is 1. The van der Waals surface area contributed by atoms with Gasteiger partial charge in [0, 0.05) is 11.9 Å². The number of nitrogens with zero attached hydrogens (tertiary/aromatic N) is 3. The molecule has 3 N–H and O–H groups in total. The number of rotatable bonds is 2. The Kier molecular flexibility index (Phi) is 3.01. The summed E-state index contributed by atoms with van der Waals surface area (Å²) in [5.74, 6) is -0.322. The van der Waals surface area contributed by atoms with Gasteiger partial charge in [0.05, 0.1) is 28.5 Å². The smallest absolute Gasteiger partial charge is 0.259 e. The Labute approximate surface area is 120 Å². The molecule has 0 unspecified atom stereocenters. The van der Waals surface area contributed by atoms with Gasteiger partial charge in [-0.05, 0) is 30.3 Å². The first-order valence-corrected chi connectivity index (χ1v) is 6.22. The van der Waals surface area contributed by atoms with Crippen LogP contribution in [-0.4, -0.2) is 15.5 Å². The molecule has 102 valence electrons. The maximum Gasteiger partial charge on any atom is 0.259 e. The summed E-state index contributed by atoms with van der Waals surface area (Å²) < 4.78 is 1.61. The number of amides is 1. The molecule has 2 heterocycles. The van der Waals surface area contributed by atoms with Crippen molar-refractivity contribution < 1.29 is 4.79 Å². The topological polar surface area (TPSA) is 96.2 Å². The first-order valence-electron chi connectivity index (χ1n) is 6.22. The number of nitrogen functional groups attached to an aromatic ring is 1. The van der Waals surface area contributed by atoms with Crippen LogP contribution in [0.1, 0.15) is 15.9 Å². The van der Waals surface area contributed by atoms with Crippen molar-refractivity contribution in [3.8, 4) is 6.07 Å². The number of carbonyl (C=O) groups excluding carboxylic acids is 1. The molecule has 2 aromatic heterocycles. The molecule has 0 saturated carbocycles. The van der Waals surface area contributed by atoms with E-state index in [2.05, 4.69) is 10.4 Å². The van der Waals surface area contributed by atoms with E-state index in [-0.39, 0.29) is 5.91 Å². The van der Waals surface area contributed by atoms with Crippen molar-refractivity contribution in [2.75, 3.05) is 11.1 Å². The van der Waals surface area contributed by atoms with Crippen LogP contribution in [0, 0.1) is 11.3 Å². The molecule has 0 radical (unpaired) electrons. The molecular formula is C15H11N5O. The highest BCUT2D eigenvalue weighted by molar-refractivity contribution is 6.09. The van der Waals surface area contributed by atoms with E-state index in [1.807, 2.05) is 18.2 Å². The lowest BCUT2D eigenvalue weighted by Gasteiger charge is -2.06. The zero-order valence-corrected chi connectivity index (χ0v) is 10.9. The number of anilines is 2. The van der Waals surface area contributed by atoms with Gasteiger partial charge in [0.1, 0.15) is 6.07 Å². The fraction of sp³-hybridized carbons (Fsp3) is 0. The average Bonchev–Trinajstić information content (AvgIpc) is 2.93. The third kappa shape index (κ3) is 2.28. The van der Waals surface area contributed by atoms with Gasteiger partial charge in [-0.3, -0.25) is 4.79 Å². The minimum Gasteiger partial charge on any atom is -0.399 e. The number of hydrogen-bond donors (Lipinski definition) is 2. The lowest BCUT2D eigenvalue weighted by Crippen LogP contribution is -2.12. The van der Waals surface area contributed by atoms with Gasteiger partial charge in [0.15, 0.2) is 0 Å². The van der Waals surface area contributed by atoms with Crippen molar-refractivity contribution in [1.29, 1.82) is 5.26 Å². The highest BCUT2D eigenvalue weighted by Crippen LogP contribution is 2.19. The summed E-state index contributed by atoms with van der Waals surface area (Å²) in [6, 6.07) is 12.2. The maximum atomic E-state index is 12.3. The van der Waals surface area contributed by atoms with Crippen LogP contribution in [0.4, 0.5) is 11.4 Å². The van der Waals surface area contributed by atoms with E-state index in [1.54, 1.807) is 28.9 Å². The highest BCUT2D eigenvalue weighted by atomic mass is 16.1. The van der Waals surface area contributed by atoms with E-state index >= 15 is 0 Å². The molecule has 0 aliphatic carbocycles. The second-order valence-corrected chi connectivity index (χ2v) is 4.46. The number of carbonyl (C=O) groups is 1. The van der Waals surface area contributed by atoms with Gasteiger partial charge in [-0.2, -0.15) is 10.4 Å². The first kappa shape index (κ1) is 12.7. The molecular weight excluding hydrogens is 266 g/mol. The van der Waals surface area contributed by atoms with Crippen molar-refractivity contribution >= 4 is 22.8 Å². The van der Waals surface area contributed by atoms with Crippen LogP contribution in [0.5, 0.6) is 0 Å². The minimum atomic E-state index is -0.322. The molecule has 3 aromatic rings. The summed E-state index contributed by atoms with van der Waals surface area (Å²) in [5, 5.41) is 15.9. The van der Waals surface area contributed by atoms with Crippen LogP contribution in [-0.2, 0) is 0 Å². The third-order valence-corrected chi connectivity index (χ3v) is 3.08. The average molecular weight is 277 g/mol. The van der Waals surface area contributed by atoms with Crippen molar-refractivity contribution in [2.45, 2.75) is 0 Å². The Morgan fingerprint density at radius 1 is 1.33 bits per heavy atom. The van der Waals surface area contributed by atoms with Gasteiger partial charge in [0.2, 0.25) is 0 Å². The fourth-order valence-electron chi connectivity index (χ4n) is 2.06. The molecule has 0 fully saturated rings. The first-order chi connectivity index (χ1) is 10.2. The van der Waals surface area contributed by atoms with Crippen LogP contribution in [0.25, 0.3) is 5.52 Å². The van der Waals surface area contributed by atoms with Gasteiger partial charge >= 0.3 is 0 Å². The standard InChI is InChI=1S/C15H11N5O/c16-8-10-7-11(17)4-5-13(10)19-15(21)12-9-18-20-6-2-1-3-14(12)20/h1-7,9H,17H2,(H,19,21). The third-order valence-electron chi connectivity index (χ3n) is 3.08. The van der Waals surface area contributed by atoms with E-state index in [1.165, 1.54) is 12.3 Å². The van der Waals surface area contributed by atoms with Crippen molar-refractivity contribution in [3.63, 3.8) is 0 Å². The normalized spacial score (nSPS) is 10.2. The van der Waals surface area contributed by atoms with Gasteiger partial charge in [0.25, 0.3) is 5.91 Å². The Hall–Kier alpha value is -3.33. The number of hydrogen-bond acceptors (Lipinski definition) is 4. The van der Waals surface area contributed by atoms with E-state index in [0.717, 1.165) is 0 Å². The Morgan fingerprint density at radius 2 is 2.19 bits per heavy atom. The zero-order valence-electron chi connectivity index (χ0n) is 10.9. The monoisotopic (exact) mass is 277 g/mol. The summed E-state index contributed by atoms with van der Waals surface area (Å²) >= 11 is 0. The summed E-state index contributed by atoms with van der Waals surface area (Å²) in [4.78, 5) is 12.3. The summed E-state index contributed by atoms with van der Waals surface area (Å²) in [6.07, 6.45) is 3.25. The Bertz CT molecular complexity index is 875. The minimum absolute atomic E-state index is 0.319. The fourth-order valence-corrected chi connectivity index (χ4v) is 2.06. The Morgan fingerprint density at radius 3 is 3.00 bits per heavy atom. The molecule has 6 heteroatoms. The van der Waals surface area contributed by atoms with Crippen molar-refractivity contribution in [1.82, 2.24) is 9.61 Å². The molecule has 6 nitrogen and oxygen atoms in total. The number of nitrogens with one attached hydrogen (secondary N) is 1. The van der Waals surface area contributed by atoms with Crippen molar-refractivity contribution in [3.05, 3.63) is 59.9 Å². The highest BCUT2D eigenvalue weighted by Gasteiger charge is 2.14. The van der Waals surface area contributed by atoms with Crippen LogP contribution >= 0.6 is 0 Å². The predicted molar refractivity (Wildman–Crippen MR) is 78.7 cm³/mol. The molecule has 0 spiro atoms. The Balaban J connectivity index is 1.96. The molecule has 1 amide bonds. The van der Waals surface area contributed by atoms with Crippen LogP contribution in [0.15, 0.2) is 48.8 Å². The number of fused-ring (bicyclic) bond motifs is 1. The van der Waals surface area contributed by atoms with Crippen LogP contribution in [0.3, 0.4) is 0 Å². The summed E-state index contributed by atoms with van der Waals surface area (Å²) in [6.45, 7) is 0. The number of nitrogens with two attached hydrogens (primary N) is 1. The van der Waals surface area contributed by atoms with E-state index in [0.29, 0.717) is 28.0 Å². The predicted octanol–water partition coefficient (Wildman–Crippen LogP) is 2.04. The molecule has 0 aliphatic rings. The second kappa shape index (κ2) is 4.98. The van der Waals surface area contributed by atoms with E-state index < -0.39 is 0 Å². The molecule has 3 rings (SSSR count). The summed E-state index contributed by atoms with van der Waals surface area (Å²) in [7, 11) is 0. The number of nitriles is 1. The molecule has 0 bridgehead atoms. The zero-order chi connectivity index (χ0) is 14.8. The van der Waals surface area contributed by atoms with Gasteiger partial charge in [-0.25, -0.2) is 4.52 Å². The van der Waals surface area contributed by atoms with Gasteiger partial charge < -0.3 is 11.1 Å². The molecule has 21 heavy (non-hydrogen) atoms. The van der Waals surface area contributed by atoms with Gasteiger partial charge in [-0.15, -0.1) is 0 Å². The molecule has 1 aromatic carbocycles. The van der Waals surface area contributed by atoms with Crippen LogP contribution < -0.4 is 11.1 Å². The largest absolute Gasteiger partial charge is 0.399 e. The van der Waals surface area contributed by atoms with Crippen molar-refractivity contribution in [2.24, 2.45) is 0 Å². The van der Waals surface area contributed by atoms with E-state index in [4.69, 9.17) is 11.0 Å².